The lowest BCUT2D eigenvalue weighted by atomic mass is 10.2. The first-order valence-electron chi connectivity index (χ1n) is 9.60. The summed E-state index contributed by atoms with van der Waals surface area (Å²) in [7, 11) is 0. The molecule has 8 heteroatoms. The van der Waals surface area contributed by atoms with Crippen molar-refractivity contribution < 1.29 is 18.4 Å². The molecule has 1 N–H and O–H groups in total. The molecule has 1 fully saturated rings. The number of thioether (sulfide) groups is 1. The van der Waals surface area contributed by atoms with E-state index in [0.29, 0.717) is 35.8 Å². The number of morpholine rings is 1. The molecule has 0 aliphatic carbocycles. The molecule has 0 spiro atoms. The number of quaternary nitrogens is 1. The lowest BCUT2D eigenvalue weighted by Crippen LogP contribution is -3.14. The summed E-state index contributed by atoms with van der Waals surface area (Å²) in [6.45, 7) is 4.50. The van der Waals surface area contributed by atoms with E-state index >= 15 is 0 Å². The summed E-state index contributed by atoms with van der Waals surface area (Å²) in [4.78, 5) is 19.1. The number of para-hydroxylation sites is 1. The molecule has 1 saturated heterocycles. The number of fused-ring (bicyclic) bond motifs is 1. The summed E-state index contributed by atoms with van der Waals surface area (Å²) in [6, 6.07) is 11.0. The van der Waals surface area contributed by atoms with Crippen LogP contribution in [0.15, 0.2) is 52.4 Å². The summed E-state index contributed by atoms with van der Waals surface area (Å²) in [6.07, 6.45) is 0. The molecule has 29 heavy (non-hydrogen) atoms. The first-order chi connectivity index (χ1) is 14.1. The van der Waals surface area contributed by atoms with Crippen LogP contribution in [0.2, 0.25) is 0 Å². The highest BCUT2D eigenvalue weighted by molar-refractivity contribution is 7.98. The molecule has 2 heterocycles. The van der Waals surface area contributed by atoms with Gasteiger partial charge in [-0.3, -0.25) is 9.36 Å². The van der Waals surface area contributed by atoms with Gasteiger partial charge in [-0.2, -0.15) is 0 Å². The van der Waals surface area contributed by atoms with Gasteiger partial charge in [-0.1, -0.05) is 30.0 Å². The van der Waals surface area contributed by atoms with E-state index in [1.54, 1.807) is 16.7 Å². The highest BCUT2D eigenvalue weighted by Gasteiger charge is 2.18. The molecule has 152 valence electrons. The summed E-state index contributed by atoms with van der Waals surface area (Å²) >= 11 is 1.18. The Morgan fingerprint density at radius 2 is 1.79 bits per heavy atom. The zero-order valence-corrected chi connectivity index (χ0v) is 16.7. The number of nitrogens with one attached hydrogen (secondary N) is 1. The molecule has 3 aromatic rings. The summed E-state index contributed by atoms with van der Waals surface area (Å²) < 4.78 is 35.1. The van der Waals surface area contributed by atoms with Crippen molar-refractivity contribution in [2.24, 2.45) is 0 Å². The van der Waals surface area contributed by atoms with Crippen LogP contribution in [0.25, 0.3) is 10.9 Å². The fraction of sp³-hybridized carbons (Fsp3) is 0.333. The normalized spacial score (nSPS) is 15.1. The number of hydrogen-bond acceptors (Lipinski definition) is 4. The maximum absolute atomic E-state index is 14.0. The summed E-state index contributed by atoms with van der Waals surface area (Å²) in [5.74, 6) is -1.12. The van der Waals surface area contributed by atoms with Gasteiger partial charge in [0.2, 0.25) is 0 Å². The van der Waals surface area contributed by atoms with Crippen molar-refractivity contribution in [1.29, 1.82) is 0 Å². The van der Waals surface area contributed by atoms with Gasteiger partial charge in [0.05, 0.1) is 37.2 Å². The van der Waals surface area contributed by atoms with Gasteiger partial charge >= 0.3 is 0 Å². The maximum Gasteiger partial charge on any atom is 0.262 e. The van der Waals surface area contributed by atoms with Crippen LogP contribution in [0.3, 0.4) is 0 Å². The minimum absolute atomic E-state index is 0.00902. The third-order valence-electron chi connectivity index (χ3n) is 5.12. The monoisotopic (exact) mass is 418 g/mol. The van der Waals surface area contributed by atoms with E-state index in [-0.39, 0.29) is 16.9 Å². The molecule has 0 unspecified atom stereocenters. The number of aromatic nitrogens is 2. The highest BCUT2D eigenvalue weighted by Crippen LogP contribution is 2.25. The van der Waals surface area contributed by atoms with Gasteiger partial charge in [0.1, 0.15) is 24.7 Å². The highest BCUT2D eigenvalue weighted by atomic mass is 32.2. The Morgan fingerprint density at radius 1 is 1.07 bits per heavy atom. The van der Waals surface area contributed by atoms with E-state index in [0.717, 1.165) is 19.6 Å². The van der Waals surface area contributed by atoms with Crippen molar-refractivity contribution >= 4 is 22.7 Å². The van der Waals surface area contributed by atoms with Crippen LogP contribution >= 0.6 is 11.8 Å². The Morgan fingerprint density at radius 3 is 2.55 bits per heavy atom. The van der Waals surface area contributed by atoms with Gasteiger partial charge in [-0.15, -0.1) is 0 Å². The van der Waals surface area contributed by atoms with E-state index < -0.39 is 11.6 Å². The second-order valence-electron chi connectivity index (χ2n) is 6.97. The molecule has 1 aromatic heterocycles. The zero-order chi connectivity index (χ0) is 20.2. The van der Waals surface area contributed by atoms with E-state index in [4.69, 9.17) is 4.74 Å². The number of hydrogen-bond donors (Lipinski definition) is 1. The first kappa shape index (κ1) is 20.0. The first-order valence-corrected chi connectivity index (χ1v) is 10.6. The average Bonchev–Trinajstić information content (AvgIpc) is 2.74. The van der Waals surface area contributed by atoms with E-state index in [1.165, 1.54) is 34.9 Å². The van der Waals surface area contributed by atoms with E-state index in [2.05, 4.69) is 4.98 Å². The van der Waals surface area contributed by atoms with E-state index in [9.17, 15) is 13.6 Å². The van der Waals surface area contributed by atoms with Crippen LogP contribution in [-0.2, 0) is 17.0 Å². The smallest absolute Gasteiger partial charge is 0.262 e. The molecule has 0 bridgehead atoms. The van der Waals surface area contributed by atoms with E-state index in [1.807, 2.05) is 12.1 Å². The number of benzene rings is 2. The fourth-order valence-electron chi connectivity index (χ4n) is 3.44. The van der Waals surface area contributed by atoms with Crippen molar-refractivity contribution in [1.82, 2.24) is 9.55 Å². The lowest BCUT2D eigenvalue weighted by Gasteiger charge is -2.24. The van der Waals surface area contributed by atoms with Crippen molar-refractivity contribution in [2.75, 3.05) is 32.8 Å². The molecule has 0 saturated carbocycles. The molecule has 0 radical (unpaired) electrons. The van der Waals surface area contributed by atoms with Gasteiger partial charge in [-0.05, 0) is 24.3 Å². The Kier molecular flexibility index (Phi) is 6.22. The predicted octanol–water partition coefficient (Wildman–Crippen LogP) is 1.88. The topological polar surface area (TPSA) is 48.6 Å². The maximum atomic E-state index is 14.0. The van der Waals surface area contributed by atoms with Crippen LogP contribution in [0.4, 0.5) is 8.78 Å². The second-order valence-corrected chi connectivity index (χ2v) is 7.91. The molecule has 4 rings (SSSR count). The molecule has 0 atom stereocenters. The van der Waals surface area contributed by atoms with Crippen molar-refractivity contribution in [3.63, 3.8) is 0 Å². The average molecular weight is 418 g/mol. The Labute approximate surface area is 171 Å². The molecule has 2 aromatic carbocycles. The Balaban J connectivity index is 1.64. The van der Waals surface area contributed by atoms with Crippen molar-refractivity contribution in [3.05, 3.63) is 70.0 Å². The van der Waals surface area contributed by atoms with Gasteiger partial charge in [-0.25, -0.2) is 13.8 Å². The molecular weight excluding hydrogens is 396 g/mol. The number of halogens is 2. The van der Waals surface area contributed by atoms with Crippen LogP contribution in [0.5, 0.6) is 0 Å². The Bertz CT molecular complexity index is 1050. The zero-order valence-electron chi connectivity index (χ0n) is 15.9. The number of nitrogens with zero attached hydrogens (tertiary/aromatic N) is 2. The molecule has 1 aliphatic heterocycles. The SMILES string of the molecule is O=c1c2ccccc2nc(SCc2c(F)cccc2F)n1CC[NH+]1CCOCC1. The van der Waals surface area contributed by atoms with Crippen LogP contribution in [0.1, 0.15) is 5.56 Å². The van der Waals surface area contributed by atoms with Gasteiger partial charge in [0, 0.05) is 11.3 Å². The standard InChI is InChI=1S/C21H21F2N3O2S/c22-17-5-3-6-18(23)16(17)14-29-21-24-19-7-2-1-4-15(19)20(27)26(21)9-8-25-10-12-28-13-11-25/h1-7H,8-14H2/p+1. The van der Waals surface area contributed by atoms with Crippen molar-refractivity contribution in [2.45, 2.75) is 17.5 Å². The third-order valence-corrected chi connectivity index (χ3v) is 6.13. The summed E-state index contributed by atoms with van der Waals surface area (Å²) in [5, 5.41) is 1.02. The quantitative estimate of drug-likeness (QED) is 0.491. The molecule has 0 amide bonds. The minimum atomic E-state index is -0.593. The lowest BCUT2D eigenvalue weighted by molar-refractivity contribution is -0.908. The third kappa shape index (κ3) is 4.49. The summed E-state index contributed by atoms with van der Waals surface area (Å²) in [5.41, 5.74) is 0.453. The van der Waals surface area contributed by atoms with Gasteiger partial charge < -0.3 is 9.64 Å². The van der Waals surface area contributed by atoms with Crippen LogP contribution in [-0.4, -0.2) is 42.4 Å². The number of ether oxygens (including phenoxy) is 1. The van der Waals surface area contributed by atoms with Gasteiger partial charge in [0.15, 0.2) is 5.16 Å². The van der Waals surface area contributed by atoms with Gasteiger partial charge in [0.25, 0.3) is 5.56 Å². The molecular formula is C21H22F2N3O2S+. The second kappa shape index (κ2) is 9.02. The minimum Gasteiger partial charge on any atom is -0.370 e. The Hall–Kier alpha value is -2.29. The number of rotatable bonds is 6. The van der Waals surface area contributed by atoms with Crippen LogP contribution in [0, 0.1) is 11.6 Å². The largest absolute Gasteiger partial charge is 0.370 e. The molecule has 5 nitrogen and oxygen atoms in total. The van der Waals surface area contributed by atoms with Crippen LogP contribution < -0.4 is 10.5 Å². The van der Waals surface area contributed by atoms with Crippen molar-refractivity contribution in [3.8, 4) is 0 Å². The fourth-order valence-corrected chi connectivity index (χ4v) is 4.48. The predicted molar refractivity (Wildman–Crippen MR) is 108 cm³/mol. The molecule has 1 aliphatic rings.